The number of hydrogen-bond donors (Lipinski definition) is 0. The molecule has 78 valence electrons. The highest BCUT2D eigenvalue weighted by Crippen LogP contribution is 2.39. The summed E-state index contributed by atoms with van der Waals surface area (Å²) in [4.78, 5) is 12.8. The van der Waals surface area contributed by atoms with Crippen LogP contribution in [-0.2, 0) is 4.79 Å². The molecule has 0 aliphatic carbocycles. The van der Waals surface area contributed by atoms with Gasteiger partial charge in [-0.05, 0) is 70.8 Å². The van der Waals surface area contributed by atoms with Crippen LogP contribution in [0.2, 0.25) is 0 Å². The van der Waals surface area contributed by atoms with Crippen molar-refractivity contribution in [2.75, 3.05) is 20.1 Å². The van der Waals surface area contributed by atoms with Gasteiger partial charge in [-0.25, -0.2) is 0 Å². The fourth-order valence-electron chi connectivity index (χ4n) is 0.868. The summed E-state index contributed by atoms with van der Waals surface area (Å²) in [5.74, 6) is 0.420. The van der Waals surface area contributed by atoms with Crippen LogP contribution >= 0.6 is 63.7 Å². The van der Waals surface area contributed by atoms with Crippen LogP contribution in [0, 0.1) is 0 Å². The Bertz CT molecular complexity index is 152. The molecule has 0 spiro atoms. The van der Waals surface area contributed by atoms with Gasteiger partial charge in [-0.15, -0.1) is 0 Å². The zero-order valence-corrected chi connectivity index (χ0v) is 13.5. The average molecular weight is 445 g/mol. The Hall–Kier alpha value is 1.55. The van der Waals surface area contributed by atoms with Crippen molar-refractivity contribution in [3.05, 3.63) is 0 Å². The second kappa shape index (κ2) is 6.93. The zero-order valence-electron chi connectivity index (χ0n) is 7.20. The van der Waals surface area contributed by atoms with Crippen molar-refractivity contribution in [1.29, 1.82) is 0 Å². The molecular formula is C7H11Br4NO. The first-order valence-corrected chi connectivity index (χ1v) is 6.92. The minimum absolute atomic E-state index is 0.250. The van der Waals surface area contributed by atoms with Gasteiger partial charge in [0.15, 0.2) is 1.05 Å². The Morgan fingerprint density at radius 1 is 1.15 bits per heavy atom. The fourth-order valence-corrected chi connectivity index (χ4v) is 0.868. The SMILES string of the molecule is BrC(Br)(Br)Br.CN1CCC(=O)CC1. The van der Waals surface area contributed by atoms with E-state index in [1.165, 1.54) is 0 Å². The van der Waals surface area contributed by atoms with Gasteiger partial charge in [0.05, 0.1) is 0 Å². The number of Topliss-reactive ketones (excluding diaryl/α,β-unsaturated/α-hetero) is 1. The molecule has 0 radical (unpaired) electrons. The van der Waals surface area contributed by atoms with E-state index in [9.17, 15) is 4.79 Å². The third-order valence-corrected chi connectivity index (χ3v) is 1.54. The second-order valence-electron chi connectivity index (χ2n) is 2.77. The summed E-state index contributed by atoms with van der Waals surface area (Å²) in [6.45, 7) is 1.91. The van der Waals surface area contributed by atoms with Crippen LogP contribution in [0.15, 0.2) is 0 Å². The predicted octanol–water partition coefficient (Wildman–Crippen LogP) is 3.46. The third-order valence-electron chi connectivity index (χ3n) is 1.54. The monoisotopic (exact) mass is 441 g/mol. The predicted molar refractivity (Wildman–Crippen MR) is 70.2 cm³/mol. The normalized spacial score (nSPS) is 19.3. The van der Waals surface area contributed by atoms with Gasteiger partial charge in [-0.1, -0.05) is 0 Å². The number of rotatable bonds is 0. The Balaban J connectivity index is 0.000000252. The summed E-state index contributed by atoms with van der Waals surface area (Å²) in [6.07, 6.45) is 1.52. The number of hydrogen-bond acceptors (Lipinski definition) is 2. The molecule has 0 saturated carbocycles. The first-order valence-electron chi connectivity index (χ1n) is 3.75. The van der Waals surface area contributed by atoms with Crippen LogP contribution in [0.5, 0.6) is 0 Å². The largest absolute Gasteiger partial charge is 0.305 e. The fraction of sp³-hybridized carbons (Fsp3) is 0.857. The van der Waals surface area contributed by atoms with E-state index < -0.39 is 0 Å². The van der Waals surface area contributed by atoms with E-state index in [1.54, 1.807) is 0 Å². The van der Waals surface area contributed by atoms with Crippen molar-refractivity contribution in [3.63, 3.8) is 0 Å². The van der Waals surface area contributed by atoms with E-state index >= 15 is 0 Å². The summed E-state index contributed by atoms with van der Waals surface area (Å²) in [5.41, 5.74) is 0. The minimum atomic E-state index is -0.250. The number of piperidine rings is 1. The maximum Gasteiger partial charge on any atom is 0.189 e. The molecule has 0 unspecified atom stereocenters. The van der Waals surface area contributed by atoms with E-state index in [-0.39, 0.29) is 1.05 Å². The third kappa shape index (κ3) is 13.6. The van der Waals surface area contributed by atoms with E-state index in [4.69, 9.17) is 0 Å². The Labute approximate surface area is 112 Å². The van der Waals surface area contributed by atoms with Gasteiger partial charge in [0.1, 0.15) is 5.78 Å². The summed E-state index contributed by atoms with van der Waals surface area (Å²) >= 11 is 12.5. The van der Waals surface area contributed by atoms with Crippen LogP contribution in [0.4, 0.5) is 0 Å². The molecule has 0 amide bonds. The van der Waals surface area contributed by atoms with Crippen molar-refractivity contribution in [2.45, 2.75) is 13.9 Å². The van der Waals surface area contributed by atoms with Crippen molar-refractivity contribution < 1.29 is 4.79 Å². The average Bonchev–Trinajstić information content (AvgIpc) is 1.92. The number of carbonyl (C=O) groups excluding carboxylic acids is 1. The number of alkyl halides is 4. The van der Waals surface area contributed by atoms with Crippen molar-refractivity contribution in [2.24, 2.45) is 0 Å². The van der Waals surface area contributed by atoms with Gasteiger partial charge < -0.3 is 4.90 Å². The molecule has 0 atom stereocenters. The lowest BCUT2D eigenvalue weighted by Crippen LogP contribution is -2.29. The highest BCUT2D eigenvalue weighted by molar-refractivity contribution is 9.52. The molecule has 0 N–H and O–H groups in total. The van der Waals surface area contributed by atoms with Crippen LogP contribution in [-0.4, -0.2) is 31.9 Å². The van der Waals surface area contributed by atoms with Crippen LogP contribution in [0.1, 0.15) is 12.8 Å². The summed E-state index contributed by atoms with van der Waals surface area (Å²) in [6, 6.07) is 0. The number of carbonyl (C=O) groups is 1. The molecule has 0 aromatic carbocycles. The molecule has 1 fully saturated rings. The zero-order chi connectivity index (χ0) is 10.5. The summed E-state index contributed by atoms with van der Waals surface area (Å²) < 4.78 is -0.250. The molecule has 0 bridgehead atoms. The minimum Gasteiger partial charge on any atom is -0.305 e. The number of nitrogens with zero attached hydrogens (tertiary/aromatic N) is 1. The van der Waals surface area contributed by atoms with E-state index in [0.29, 0.717) is 5.78 Å². The quantitative estimate of drug-likeness (QED) is 0.533. The molecule has 1 saturated heterocycles. The molecule has 6 heteroatoms. The number of ketones is 1. The first kappa shape index (κ1) is 14.6. The Morgan fingerprint density at radius 3 is 1.69 bits per heavy atom. The molecule has 0 aromatic heterocycles. The van der Waals surface area contributed by atoms with Crippen LogP contribution in [0.3, 0.4) is 0 Å². The lowest BCUT2D eigenvalue weighted by molar-refractivity contribution is -0.121. The van der Waals surface area contributed by atoms with Gasteiger partial charge in [-0.2, -0.15) is 0 Å². The second-order valence-corrected chi connectivity index (χ2v) is 13.9. The van der Waals surface area contributed by atoms with E-state index in [2.05, 4.69) is 68.6 Å². The molecule has 1 heterocycles. The van der Waals surface area contributed by atoms with Crippen molar-refractivity contribution in [1.82, 2.24) is 4.90 Å². The van der Waals surface area contributed by atoms with E-state index in [1.807, 2.05) is 7.05 Å². The highest BCUT2D eigenvalue weighted by atomic mass is 80.0. The maximum absolute atomic E-state index is 10.6. The molecule has 1 rings (SSSR count). The Morgan fingerprint density at radius 2 is 1.46 bits per heavy atom. The van der Waals surface area contributed by atoms with Gasteiger partial charge in [0, 0.05) is 25.9 Å². The molecule has 1 aliphatic heterocycles. The Kier molecular flexibility index (Phi) is 7.76. The smallest absolute Gasteiger partial charge is 0.189 e. The number of likely N-dealkylation sites (tertiary alicyclic amines) is 1. The topological polar surface area (TPSA) is 20.3 Å². The lowest BCUT2D eigenvalue weighted by Gasteiger charge is -2.19. The number of halogens is 4. The first-order chi connectivity index (χ1) is 5.79. The van der Waals surface area contributed by atoms with Gasteiger partial charge in [-0.3, -0.25) is 4.79 Å². The summed E-state index contributed by atoms with van der Waals surface area (Å²) in [7, 11) is 2.05. The van der Waals surface area contributed by atoms with Crippen molar-refractivity contribution in [3.8, 4) is 0 Å². The lowest BCUT2D eigenvalue weighted by atomic mass is 10.1. The molecule has 1 aliphatic rings. The molecule has 2 nitrogen and oxygen atoms in total. The van der Waals surface area contributed by atoms with Crippen LogP contribution < -0.4 is 0 Å². The van der Waals surface area contributed by atoms with Gasteiger partial charge in [0.25, 0.3) is 0 Å². The van der Waals surface area contributed by atoms with Gasteiger partial charge >= 0.3 is 0 Å². The van der Waals surface area contributed by atoms with Crippen molar-refractivity contribution >= 4 is 69.5 Å². The summed E-state index contributed by atoms with van der Waals surface area (Å²) in [5, 5.41) is 0. The van der Waals surface area contributed by atoms with E-state index in [0.717, 1.165) is 25.9 Å². The molecular weight excluding hydrogens is 434 g/mol. The standard InChI is InChI=1S/C6H11NO.CBr4/c1-7-4-2-6(8)3-5-7;2-1(3,4)5/h2-5H2,1H3;. The van der Waals surface area contributed by atoms with Crippen LogP contribution in [0.25, 0.3) is 0 Å². The highest BCUT2D eigenvalue weighted by Gasteiger charge is 2.11. The molecule has 13 heavy (non-hydrogen) atoms. The maximum atomic E-state index is 10.6. The molecule has 0 aromatic rings. The van der Waals surface area contributed by atoms with Gasteiger partial charge in [0.2, 0.25) is 0 Å².